The van der Waals surface area contributed by atoms with Gasteiger partial charge in [-0.2, -0.15) is 5.26 Å². The number of carbonyl (C=O) groups excluding carboxylic acids is 2. The Kier molecular flexibility index (Phi) is 5.98. The van der Waals surface area contributed by atoms with E-state index in [0.29, 0.717) is 18.0 Å². The van der Waals surface area contributed by atoms with Gasteiger partial charge in [-0.3, -0.25) is 9.59 Å². The second-order valence-electron chi connectivity index (χ2n) is 4.17. The topological polar surface area (TPSA) is 79.2 Å². The lowest BCUT2D eigenvalue weighted by Gasteiger charge is -2.08. The van der Waals surface area contributed by atoms with E-state index in [1.54, 1.807) is 30.3 Å². The smallest absolute Gasteiger partial charge is 0.226 e. The zero-order chi connectivity index (χ0) is 15.0. The van der Waals surface area contributed by atoms with E-state index < -0.39 is 5.92 Å². The molecular weight excluding hydrogens is 256 g/mol. The van der Waals surface area contributed by atoms with Crippen molar-refractivity contribution < 1.29 is 14.3 Å². The van der Waals surface area contributed by atoms with Crippen LogP contribution in [-0.4, -0.2) is 18.3 Å². The van der Waals surface area contributed by atoms with Crippen molar-refractivity contribution in [2.24, 2.45) is 5.92 Å². The summed E-state index contributed by atoms with van der Waals surface area (Å²) in [5.41, 5.74) is 0.584. The molecular formula is C15H16N2O3. The van der Waals surface area contributed by atoms with Gasteiger partial charge in [0.25, 0.3) is 0 Å². The number of nitrogens with one attached hydrogen (secondary N) is 1. The third-order valence-electron chi connectivity index (χ3n) is 2.54. The summed E-state index contributed by atoms with van der Waals surface area (Å²) in [6.07, 6.45) is 1.50. The van der Waals surface area contributed by atoms with E-state index in [9.17, 15) is 9.59 Å². The van der Waals surface area contributed by atoms with Crippen LogP contribution >= 0.6 is 0 Å². The first-order valence-electron chi connectivity index (χ1n) is 6.10. The standard InChI is InChI=1S/C15H16N2O3/c1-3-8-20-14-6-4-13(5-7-14)17-15(19)9-12(10-16)11(2)18/h3-7,12H,1,8-9H2,2H3,(H,17,19). The molecule has 1 atom stereocenters. The van der Waals surface area contributed by atoms with Gasteiger partial charge in [0.05, 0.1) is 6.07 Å². The fourth-order valence-corrected chi connectivity index (χ4v) is 1.47. The second kappa shape index (κ2) is 7.74. The van der Waals surface area contributed by atoms with Crippen LogP contribution in [0.1, 0.15) is 13.3 Å². The Balaban J connectivity index is 2.56. The number of Topliss-reactive ketones (excluding diaryl/α,β-unsaturated/α-hetero) is 1. The molecule has 0 radical (unpaired) electrons. The number of amides is 1. The molecule has 1 N–H and O–H groups in total. The molecule has 1 amide bonds. The summed E-state index contributed by atoms with van der Waals surface area (Å²) in [4.78, 5) is 22.8. The largest absolute Gasteiger partial charge is 0.490 e. The Labute approximate surface area is 117 Å². The maximum atomic E-state index is 11.7. The van der Waals surface area contributed by atoms with Gasteiger partial charge < -0.3 is 10.1 Å². The Bertz CT molecular complexity index is 529. The molecule has 1 unspecified atom stereocenters. The minimum Gasteiger partial charge on any atom is -0.490 e. The van der Waals surface area contributed by atoms with Crippen LogP contribution in [0.25, 0.3) is 0 Å². The predicted molar refractivity (Wildman–Crippen MR) is 75.2 cm³/mol. The van der Waals surface area contributed by atoms with E-state index in [1.807, 2.05) is 6.07 Å². The van der Waals surface area contributed by atoms with Crippen molar-refractivity contribution in [3.05, 3.63) is 36.9 Å². The van der Waals surface area contributed by atoms with Crippen LogP contribution < -0.4 is 10.1 Å². The van der Waals surface area contributed by atoms with Crippen molar-refractivity contribution in [1.29, 1.82) is 5.26 Å². The summed E-state index contributed by atoms with van der Waals surface area (Å²) in [6, 6.07) is 8.61. The molecule has 20 heavy (non-hydrogen) atoms. The van der Waals surface area contributed by atoms with Crippen LogP contribution in [-0.2, 0) is 9.59 Å². The molecule has 0 bridgehead atoms. The van der Waals surface area contributed by atoms with E-state index in [0.717, 1.165) is 0 Å². The summed E-state index contributed by atoms with van der Waals surface area (Å²) < 4.78 is 5.31. The average molecular weight is 272 g/mol. The zero-order valence-corrected chi connectivity index (χ0v) is 11.3. The number of ether oxygens (including phenoxy) is 1. The number of anilines is 1. The van der Waals surface area contributed by atoms with E-state index in [1.165, 1.54) is 6.92 Å². The molecule has 1 aromatic rings. The number of hydrogen-bond acceptors (Lipinski definition) is 4. The quantitative estimate of drug-likeness (QED) is 0.772. The molecule has 0 aliphatic rings. The summed E-state index contributed by atoms with van der Waals surface area (Å²) in [7, 11) is 0. The van der Waals surface area contributed by atoms with Crippen LogP contribution in [0.15, 0.2) is 36.9 Å². The molecule has 5 heteroatoms. The fraction of sp³-hybridized carbons (Fsp3) is 0.267. The fourth-order valence-electron chi connectivity index (χ4n) is 1.47. The zero-order valence-electron chi connectivity index (χ0n) is 11.3. The first-order valence-corrected chi connectivity index (χ1v) is 6.10. The first kappa shape index (κ1) is 15.4. The SMILES string of the molecule is C=CCOc1ccc(NC(=O)CC(C#N)C(C)=O)cc1. The summed E-state index contributed by atoms with van der Waals surface area (Å²) >= 11 is 0. The molecule has 0 saturated carbocycles. The molecule has 5 nitrogen and oxygen atoms in total. The number of ketones is 1. The Morgan fingerprint density at radius 3 is 2.60 bits per heavy atom. The van der Waals surface area contributed by atoms with Crippen LogP contribution in [0.4, 0.5) is 5.69 Å². The highest BCUT2D eigenvalue weighted by Crippen LogP contribution is 2.16. The van der Waals surface area contributed by atoms with Crippen molar-refractivity contribution in [1.82, 2.24) is 0 Å². The van der Waals surface area contributed by atoms with Crippen molar-refractivity contribution in [2.45, 2.75) is 13.3 Å². The Hall–Kier alpha value is -2.61. The third kappa shape index (κ3) is 4.94. The number of nitriles is 1. The molecule has 104 valence electrons. The molecule has 0 aromatic heterocycles. The van der Waals surface area contributed by atoms with Gasteiger partial charge in [-0.25, -0.2) is 0 Å². The highest BCUT2D eigenvalue weighted by molar-refractivity contribution is 5.94. The normalized spacial score (nSPS) is 11.0. The first-order chi connectivity index (χ1) is 9.56. The van der Waals surface area contributed by atoms with Gasteiger partial charge in [0.1, 0.15) is 24.1 Å². The number of carbonyl (C=O) groups is 2. The number of nitrogens with zero attached hydrogens (tertiary/aromatic N) is 1. The minimum atomic E-state index is -0.898. The lowest BCUT2D eigenvalue weighted by Crippen LogP contribution is -2.19. The molecule has 0 aliphatic heterocycles. The molecule has 0 saturated heterocycles. The van der Waals surface area contributed by atoms with Gasteiger partial charge in [0.15, 0.2) is 0 Å². The molecule has 0 aliphatic carbocycles. The van der Waals surface area contributed by atoms with E-state index >= 15 is 0 Å². The average Bonchev–Trinajstić information content (AvgIpc) is 2.43. The lowest BCUT2D eigenvalue weighted by atomic mass is 10.0. The van der Waals surface area contributed by atoms with E-state index in [2.05, 4.69) is 11.9 Å². The van der Waals surface area contributed by atoms with Crippen LogP contribution in [0.3, 0.4) is 0 Å². The third-order valence-corrected chi connectivity index (χ3v) is 2.54. The van der Waals surface area contributed by atoms with Crippen molar-refractivity contribution >= 4 is 17.4 Å². The predicted octanol–water partition coefficient (Wildman–Crippen LogP) is 2.31. The highest BCUT2D eigenvalue weighted by Gasteiger charge is 2.17. The number of hydrogen-bond donors (Lipinski definition) is 1. The van der Waals surface area contributed by atoms with Crippen molar-refractivity contribution in [3.63, 3.8) is 0 Å². The van der Waals surface area contributed by atoms with E-state index in [-0.39, 0.29) is 18.1 Å². The second-order valence-corrected chi connectivity index (χ2v) is 4.17. The van der Waals surface area contributed by atoms with E-state index in [4.69, 9.17) is 10.00 Å². The van der Waals surface area contributed by atoms with Crippen molar-refractivity contribution in [3.8, 4) is 11.8 Å². The molecule has 0 spiro atoms. The highest BCUT2D eigenvalue weighted by atomic mass is 16.5. The summed E-state index contributed by atoms with van der Waals surface area (Å²) in [5.74, 6) is -0.908. The number of rotatable bonds is 7. The van der Waals surface area contributed by atoms with Gasteiger partial charge in [-0.1, -0.05) is 12.7 Å². The van der Waals surface area contributed by atoms with Gasteiger partial charge in [-0.15, -0.1) is 0 Å². The Morgan fingerprint density at radius 1 is 1.45 bits per heavy atom. The van der Waals surface area contributed by atoms with Crippen LogP contribution in [0, 0.1) is 17.2 Å². The summed E-state index contributed by atoms with van der Waals surface area (Å²) in [5, 5.41) is 11.4. The van der Waals surface area contributed by atoms with Gasteiger partial charge >= 0.3 is 0 Å². The summed E-state index contributed by atoms with van der Waals surface area (Å²) in [6.45, 7) is 5.26. The Morgan fingerprint density at radius 2 is 2.10 bits per heavy atom. The van der Waals surface area contributed by atoms with Crippen LogP contribution in [0.5, 0.6) is 5.75 Å². The van der Waals surface area contributed by atoms with Gasteiger partial charge in [0.2, 0.25) is 5.91 Å². The maximum absolute atomic E-state index is 11.7. The lowest BCUT2D eigenvalue weighted by molar-refractivity contribution is -0.123. The molecule has 0 heterocycles. The van der Waals surface area contributed by atoms with Crippen LogP contribution in [0.2, 0.25) is 0 Å². The maximum Gasteiger partial charge on any atom is 0.226 e. The monoisotopic (exact) mass is 272 g/mol. The minimum absolute atomic E-state index is 0.138. The number of benzene rings is 1. The molecule has 1 aromatic carbocycles. The molecule has 1 rings (SSSR count). The van der Waals surface area contributed by atoms with Gasteiger partial charge in [0, 0.05) is 12.1 Å². The van der Waals surface area contributed by atoms with Gasteiger partial charge in [-0.05, 0) is 31.2 Å². The molecule has 0 fully saturated rings. The van der Waals surface area contributed by atoms with Crippen molar-refractivity contribution in [2.75, 3.05) is 11.9 Å².